The number of rotatable bonds is 5. The van der Waals surface area contributed by atoms with Crippen LogP contribution in [0.5, 0.6) is 5.75 Å². The van der Waals surface area contributed by atoms with E-state index in [0.29, 0.717) is 11.3 Å². The largest absolute Gasteiger partial charge is 0.491 e. The molecule has 1 unspecified atom stereocenters. The normalized spacial score (nSPS) is 13.7. The van der Waals surface area contributed by atoms with Gasteiger partial charge < -0.3 is 10.5 Å². The maximum Gasteiger partial charge on any atom is 0.389 e. The molecule has 0 saturated carbocycles. The fourth-order valence-corrected chi connectivity index (χ4v) is 1.62. The van der Waals surface area contributed by atoms with Crippen LogP contribution in [-0.2, 0) is 0 Å². The molecule has 18 heavy (non-hydrogen) atoms. The molecule has 0 saturated heterocycles. The summed E-state index contributed by atoms with van der Waals surface area (Å²) in [6.45, 7) is 3.72. The number of hydrogen-bond acceptors (Lipinski definition) is 2. The van der Waals surface area contributed by atoms with Crippen LogP contribution in [-0.4, -0.2) is 12.3 Å². The highest BCUT2D eigenvalue weighted by atomic mass is 19.4. The van der Waals surface area contributed by atoms with Gasteiger partial charge in [-0.1, -0.05) is 18.2 Å². The Morgan fingerprint density at radius 1 is 1.22 bits per heavy atom. The molecule has 1 aromatic rings. The molecule has 1 rings (SSSR count). The van der Waals surface area contributed by atoms with Crippen LogP contribution in [0.25, 0.3) is 0 Å². The number of alkyl halides is 3. The van der Waals surface area contributed by atoms with Crippen LogP contribution in [0.1, 0.15) is 38.3 Å². The lowest BCUT2D eigenvalue weighted by Gasteiger charge is -2.19. The molecular formula is C13H18F3NO. The van der Waals surface area contributed by atoms with Crippen LogP contribution in [0.4, 0.5) is 13.2 Å². The van der Waals surface area contributed by atoms with Gasteiger partial charge in [-0.25, -0.2) is 0 Å². The van der Waals surface area contributed by atoms with Gasteiger partial charge in [0.05, 0.1) is 6.10 Å². The molecule has 0 fully saturated rings. The van der Waals surface area contributed by atoms with Gasteiger partial charge >= 0.3 is 6.18 Å². The predicted octanol–water partition coefficient (Wildman–Crippen LogP) is 3.82. The Bertz CT molecular complexity index is 377. The van der Waals surface area contributed by atoms with E-state index in [-0.39, 0.29) is 12.5 Å². The third-order valence-electron chi connectivity index (χ3n) is 2.42. The Labute approximate surface area is 105 Å². The summed E-state index contributed by atoms with van der Waals surface area (Å²) in [6.07, 6.45) is -5.24. The van der Waals surface area contributed by atoms with Gasteiger partial charge in [0.25, 0.3) is 0 Å². The Hall–Kier alpha value is -1.23. The highest BCUT2D eigenvalue weighted by Gasteiger charge is 2.28. The molecule has 0 radical (unpaired) electrons. The zero-order valence-electron chi connectivity index (χ0n) is 10.5. The number of benzene rings is 1. The van der Waals surface area contributed by atoms with E-state index in [0.717, 1.165) is 0 Å². The smallest absolute Gasteiger partial charge is 0.389 e. The van der Waals surface area contributed by atoms with Crippen molar-refractivity contribution in [2.75, 3.05) is 0 Å². The van der Waals surface area contributed by atoms with Crippen molar-refractivity contribution in [3.63, 3.8) is 0 Å². The molecule has 0 amide bonds. The Morgan fingerprint density at radius 3 is 2.39 bits per heavy atom. The molecule has 5 heteroatoms. The topological polar surface area (TPSA) is 35.2 Å². The molecule has 0 aliphatic heterocycles. The second-order valence-electron chi connectivity index (χ2n) is 4.46. The zero-order valence-corrected chi connectivity index (χ0v) is 10.5. The van der Waals surface area contributed by atoms with Crippen LogP contribution in [0.3, 0.4) is 0 Å². The highest BCUT2D eigenvalue weighted by molar-refractivity contribution is 5.35. The van der Waals surface area contributed by atoms with E-state index in [4.69, 9.17) is 10.5 Å². The molecule has 1 atom stereocenters. The SMILES string of the molecule is CC(C)Oc1ccccc1C(N)CCC(F)(F)F. The molecule has 0 aromatic heterocycles. The highest BCUT2D eigenvalue weighted by Crippen LogP contribution is 2.30. The molecule has 0 spiro atoms. The summed E-state index contributed by atoms with van der Waals surface area (Å²) in [6, 6.07) is 6.29. The fraction of sp³-hybridized carbons (Fsp3) is 0.538. The predicted molar refractivity (Wildman–Crippen MR) is 64.4 cm³/mol. The molecule has 1 aromatic carbocycles. The summed E-state index contributed by atoms with van der Waals surface area (Å²) in [5.41, 5.74) is 6.42. The van der Waals surface area contributed by atoms with Gasteiger partial charge in [0.15, 0.2) is 0 Å². The van der Waals surface area contributed by atoms with Crippen molar-refractivity contribution in [2.45, 2.75) is 45.0 Å². The molecule has 0 aliphatic rings. The van der Waals surface area contributed by atoms with Gasteiger partial charge in [0.2, 0.25) is 0 Å². The minimum Gasteiger partial charge on any atom is -0.491 e. The van der Waals surface area contributed by atoms with Crippen molar-refractivity contribution < 1.29 is 17.9 Å². The van der Waals surface area contributed by atoms with Gasteiger partial charge in [0.1, 0.15) is 5.75 Å². The molecule has 2 nitrogen and oxygen atoms in total. The Kier molecular flexibility index (Phi) is 5.02. The van der Waals surface area contributed by atoms with E-state index in [9.17, 15) is 13.2 Å². The first-order valence-corrected chi connectivity index (χ1v) is 5.87. The summed E-state index contributed by atoms with van der Waals surface area (Å²) >= 11 is 0. The third kappa shape index (κ3) is 4.96. The van der Waals surface area contributed by atoms with Crippen LogP contribution >= 0.6 is 0 Å². The molecule has 2 N–H and O–H groups in total. The quantitative estimate of drug-likeness (QED) is 0.874. The van der Waals surface area contributed by atoms with Gasteiger partial charge in [-0.05, 0) is 26.3 Å². The molecular weight excluding hydrogens is 243 g/mol. The Morgan fingerprint density at radius 2 is 1.83 bits per heavy atom. The summed E-state index contributed by atoms with van der Waals surface area (Å²) < 4.78 is 42.0. The lowest BCUT2D eigenvalue weighted by Crippen LogP contribution is -2.17. The zero-order chi connectivity index (χ0) is 13.8. The van der Waals surface area contributed by atoms with Crippen molar-refractivity contribution in [3.05, 3.63) is 29.8 Å². The molecule has 0 heterocycles. The van der Waals surface area contributed by atoms with Crippen molar-refractivity contribution in [2.24, 2.45) is 5.73 Å². The third-order valence-corrected chi connectivity index (χ3v) is 2.42. The summed E-state index contributed by atoms with van der Waals surface area (Å²) in [4.78, 5) is 0. The van der Waals surface area contributed by atoms with Crippen LogP contribution in [0.15, 0.2) is 24.3 Å². The average molecular weight is 261 g/mol. The van der Waals surface area contributed by atoms with Crippen LogP contribution in [0, 0.1) is 0 Å². The summed E-state index contributed by atoms with van der Waals surface area (Å²) in [5, 5.41) is 0. The van der Waals surface area contributed by atoms with Crippen molar-refractivity contribution >= 4 is 0 Å². The first-order valence-electron chi connectivity index (χ1n) is 5.87. The first-order chi connectivity index (χ1) is 8.29. The van der Waals surface area contributed by atoms with Gasteiger partial charge in [0, 0.05) is 18.0 Å². The fourth-order valence-electron chi connectivity index (χ4n) is 1.62. The maximum absolute atomic E-state index is 12.2. The van der Waals surface area contributed by atoms with E-state index in [2.05, 4.69) is 0 Å². The molecule has 0 aliphatic carbocycles. The standard InChI is InChI=1S/C13H18F3NO/c1-9(2)18-12-6-4-3-5-10(12)11(17)7-8-13(14,15)16/h3-6,9,11H,7-8,17H2,1-2H3. The van der Waals surface area contributed by atoms with Crippen molar-refractivity contribution in [3.8, 4) is 5.75 Å². The number of hydrogen-bond donors (Lipinski definition) is 1. The number of ether oxygens (including phenoxy) is 1. The first kappa shape index (κ1) is 14.8. The van der Waals surface area contributed by atoms with E-state index in [1.165, 1.54) is 0 Å². The maximum atomic E-state index is 12.2. The van der Waals surface area contributed by atoms with E-state index >= 15 is 0 Å². The minimum absolute atomic E-state index is 0.0408. The Balaban J connectivity index is 2.75. The monoisotopic (exact) mass is 261 g/mol. The van der Waals surface area contributed by atoms with Crippen LogP contribution < -0.4 is 10.5 Å². The summed E-state index contributed by atoms with van der Waals surface area (Å²) in [5.74, 6) is 0.558. The lowest BCUT2D eigenvalue weighted by atomic mass is 10.0. The van der Waals surface area contributed by atoms with E-state index in [1.54, 1.807) is 24.3 Å². The minimum atomic E-state index is -4.18. The second-order valence-corrected chi connectivity index (χ2v) is 4.46. The number of para-hydroxylation sites is 1. The number of halogens is 3. The molecule has 102 valence electrons. The van der Waals surface area contributed by atoms with Crippen molar-refractivity contribution in [1.29, 1.82) is 0 Å². The van der Waals surface area contributed by atoms with Gasteiger partial charge in [-0.3, -0.25) is 0 Å². The van der Waals surface area contributed by atoms with Gasteiger partial charge in [-0.15, -0.1) is 0 Å². The lowest BCUT2D eigenvalue weighted by molar-refractivity contribution is -0.136. The second kappa shape index (κ2) is 6.09. The molecule has 0 bridgehead atoms. The van der Waals surface area contributed by atoms with Gasteiger partial charge in [-0.2, -0.15) is 13.2 Å². The van der Waals surface area contributed by atoms with Crippen LogP contribution in [0.2, 0.25) is 0 Å². The number of nitrogens with two attached hydrogens (primary N) is 1. The van der Waals surface area contributed by atoms with Crippen molar-refractivity contribution in [1.82, 2.24) is 0 Å². The van der Waals surface area contributed by atoms with E-state index < -0.39 is 18.6 Å². The van der Waals surface area contributed by atoms with E-state index in [1.807, 2.05) is 13.8 Å². The summed E-state index contributed by atoms with van der Waals surface area (Å²) in [7, 11) is 0. The average Bonchev–Trinajstić information content (AvgIpc) is 2.25.